The van der Waals surface area contributed by atoms with Crippen molar-refractivity contribution < 1.29 is 4.42 Å². The first-order valence-corrected chi connectivity index (χ1v) is 18.2. The fourth-order valence-corrected chi connectivity index (χ4v) is 8.29. The molecule has 0 unspecified atom stereocenters. The molecule has 0 spiro atoms. The second-order valence-electron chi connectivity index (χ2n) is 15.6. The van der Waals surface area contributed by atoms with Crippen LogP contribution < -0.4 is 0 Å². The zero-order valence-electron chi connectivity index (χ0n) is 29.8. The van der Waals surface area contributed by atoms with Crippen LogP contribution in [0.15, 0.2) is 138 Å². The number of rotatable bonds is 4. The van der Waals surface area contributed by atoms with E-state index >= 15 is 0 Å². The highest BCUT2D eigenvalue weighted by Gasteiger charge is 2.38. The SMILES string of the molecule is CC1(C)CCC(C)(C)c2cc3c(cc21)c1ccccc1n3-c1ccc2c(c1)oc1cc(-c3nc(-c4ccccc4)nc(-c4ccccc4)n3)ccc12. The highest BCUT2D eigenvalue weighted by atomic mass is 16.3. The van der Waals surface area contributed by atoms with Crippen molar-refractivity contribution in [1.82, 2.24) is 19.5 Å². The molecule has 0 bridgehead atoms. The van der Waals surface area contributed by atoms with Crippen molar-refractivity contribution in [2.24, 2.45) is 0 Å². The topological polar surface area (TPSA) is 56.7 Å². The molecule has 0 fully saturated rings. The normalized spacial score (nSPS) is 15.1. The van der Waals surface area contributed by atoms with Gasteiger partial charge in [-0.1, -0.05) is 113 Å². The fraction of sp³-hybridized carbons (Fsp3) is 0.170. The third kappa shape index (κ3) is 4.80. The summed E-state index contributed by atoms with van der Waals surface area (Å²) in [6, 6.07) is 46.8. The maximum absolute atomic E-state index is 6.67. The minimum atomic E-state index is 0.114. The summed E-state index contributed by atoms with van der Waals surface area (Å²) in [6.07, 6.45) is 2.37. The third-order valence-electron chi connectivity index (χ3n) is 11.3. The summed E-state index contributed by atoms with van der Waals surface area (Å²) >= 11 is 0. The van der Waals surface area contributed by atoms with E-state index in [1.165, 1.54) is 45.8 Å². The fourth-order valence-electron chi connectivity index (χ4n) is 8.29. The van der Waals surface area contributed by atoms with Gasteiger partial charge in [-0.25, -0.2) is 15.0 Å². The van der Waals surface area contributed by atoms with Gasteiger partial charge in [-0.05, 0) is 77.3 Å². The van der Waals surface area contributed by atoms with Crippen LogP contribution in [0.3, 0.4) is 0 Å². The van der Waals surface area contributed by atoms with Crippen LogP contribution in [0.5, 0.6) is 0 Å². The molecule has 0 saturated carbocycles. The molecule has 5 nitrogen and oxygen atoms in total. The molecule has 0 atom stereocenters. The molecule has 6 aromatic carbocycles. The Morgan fingerprint density at radius 3 is 1.65 bits per heavy atom. The summed E-state index contributed by atoms with van der Waals surface area (Å²) in [4.78, 5) is 14.8. The molecular formula is C47H38N4O. The average molecular weight is 675 g/mol. The van der Waals surface area contributed by atoms with Gasteiger partial charge in [-0.3, -0.25) is 0 Å². The van der Waals surface area contributed by atoms with Crippen LogP contribution in [-0.2, 0) is 10.8 Å². The van der Waals surface area contributed by atoms with Gasteiger partial charge < -0.3 is 8.98 Å². The molecule has 3 heterocycles. The lowest BCUT2D eigenvalue weighted by molar-refractivity contribution is 0.332. The first-order chi connectivity index (χ1) is 25.2. The van der Waals surface area contributed by atoms with E-state index in [0.717, 1.165) is 44.3 Å². The van der Waals surface area contributed by atoms with Gasteiger partial charge >= 0.3 is 0 Å². The summed E-state index contributed by atoms with van der Waals surface area (Å²) in [6.45, 7) is 9.60. The van der Waals surface area contributed by atoms with Gasteiger partial charge in [0.15, 0.2) is 17.5 Å². The Morgan fingerprint density at radius 2 is 1.00 bits per heavy atom. The monoisotopic (exact) mass is 674 g/mol. The molecule has 0 radical (unpaired) electrons. The van der Waals surface area contributed by atoms with Crippen molar-refractivity contribution in [3.8, 4) is 39.9 Å². The maximum Gasteiger partial charge on any atom is 0.164 e. The molecule has 1 aliphatic rings. The number of hydrogen-bond donors (Lipinski definition) is 0. The Morgan fingerprint density at radius 1 is 0.462 bits per heavy atom. The second kappa shape index (κ2) is 11.2. The molecule has 0 N–H and O–H groups in total. The van der Waals surface area contributed by atoms with Gasteiger partial charge in [0.05, 0.1) is 11.0 Å². The van der Waals surface area contributed by atoms with Crippen LogP contribution >= 0.6 is 0 Å². The predicted octanol–water partition coefficient (Wildman–Crippen LogP) is 12.2. The van der Waals surface area contributed by atoms with Crippen LogP contribution in [0.2, 0.25) is 0 Å². The molecule has 9 aromatic rings. The first kappa shape index (κ1) is 30.7. The number of nitrogens with zero attached hydrogens (tertiary/aromatic N) is 4. The number of aromatic nitrogens is 4. The molecule has 1 aliphatic carbocycles. The van der Waals surface area contributed by atoms with Gasteiger partial charge in [0, 0.05) is 50.0 Å². The van der Waals surface area contributed by atoms with Crippen molar-refractivity contribution in [2.45, 2.75) is 51.4 Å². The Labute approximate surface area is 302 Å². The van der Waals surface area contributed by atoms with E-state index in [1.54, 1.807) is 0 Å². The molecular weight excluding hydrogens is 637 g/mol. The lowest BCUT2D eigenvalue weighted by Crippen LogP contribution is -2.33. The van der Waals surface area contributed by atoms with E-state index < -0.39 is 0 Å². The molecule has 10 rings (SSSR count). The largest absolute Gasteiger partial charge is 0.456 e. The van der Waals surface area contributed by atoms with Crippen LogP contribution in [0, 0.1) is 0 Å². The summed E-state index contributed by atoms with van der Waals surface area (Å²) < 4.78 is 9.09. The van der Waals surface area contributed by atoms with Crippen LogP contribution in [0.4, 0.5) is 0 Å². The minimum Gasteiger partial charge on any atom is -0.456 e. The summed E-state index contributed by atoms with van der Waals surface area (Å²) in [5.41, 5.74) is 11.1. The van der Waals surface area contributed by atoms with Crippen LogP contribution in [0.25, 0.3) is 83.6 Å². The van der Waals surface area contributed by atoms with Crippen LogP contribution in [-0.4, -0.2) is 19.5 Å². The van der Waals surface area contributed by atoms with Gasteiger partial charge in [-0.15, -0.1) is 0 Å². The highest BCUT2D eigenvalue weighted by Crippen LogP contribution is 2.48. The van der Waals surface area contributed by atoms with E-state index in [-0.39, 0.29) is 10.8 Å². The molecule has 252 valence electrons. The highest BCUT2D eigenvalue weighted by molar-refractivity contribution is 6.11. The average Bonchev–Trinajstić information content (AvgIpc) is 3.71. The van der Waals surface area contributed by atoms with E-state index in [4.69, 9.17) is 19.4 Å². The van der Waals surface area contributed by atoms with Gasteiger partial charge in [0.2, 0.25) is 0 Å². The summed E-state index contributed by atoms with van der Waals surface area (Å²) in [7, 11) is 0. The lowest BCUT2D eigenvalue weighted by atomic mass is 9.63. The van der Waals surface area contributed by atoms with Gasteiger partial charge in [-0.2, -0.15) is 0 Å². The zero-order valence-corrected chi connectivity index (χ0v) is 29.8. The zero-order chi connectivity index (χ0) is 35.2. The molecule has 52 heavy (non-hydrogen) atoms. The molecule has 5 heteroatoms. The van der Waals surface area contributed by atoms with Gasteiger partial charge in [0.25, 0.3) is 0 Å². The predicted molar refractivity (Wildman–Crippen MR) is 213 cm³/mol. The maximum atomic E-state index is 6.67. The molecule has 0 amide bonds. The van der Waals surface area contributed by atoms with Crippen molar-refractivity contribution in [3.05, 3.63) is 145 Å². The van der Waals surface area contributed by atoms with Crippen molar-refractivity contribution >= 4 is 43.7 Å². The number of furan rings is 1. The Bertz CT molecular complexity index is 2790. The van der Waals surface area contributed by atoms with Crippen molar-refractivity contribution in [3.63, 3.8) is 0 Å². The molecule has 3 aromatic heterocycles. The quantitative estimate of drug-likeness (QED) is 0.186. The van der Waals surface area contributed by atoms with Crippen molar-refractivity contribution in [1.29, 1.82) is 0 Å². The minimum absolute atomic E-state index is 0.114. The van der Waals surface area contributed by atoms with E-state index in [9.17, 15) is 0 Å². The first-order valence-electron chi connectivity index (χ1n) is 18.2. The number of benzene rings is 6. The van der Waals surface area contributed by atoms with Gasteiger partial charge in [0.1, 0.15) is 11.2 Å². The summed E-state index contributed by atoms with van der Waals surface area (Å²) in [5, 5.41) is 4.72. The lowest BCUT2D eigenvalue weighted by Gasteiger charge is -2.42. The second-order valence-corrected chi connectivity index (χ2v) is 15.6. The molecule has 0 saturated heterocycles. The van der Waals surface area contributed by atoms with Crippen molar-refractivity contribution in [2.75, 3.05) is 0 Å². The standard InChI is InChI=1S/C47H38N4O/c1-46(2)23-24-47(3,4)38-28-40-36(27-37(38)46)33-17-11-12-18-39(33)51(40)32-20-22-35-34-21-19-31(25-41(34)52-42(35)26-32)45-49-43(29-13-7-5-8-14-29)48-44(50-45)30-15-9-6-10-16-30/h5-22,25-28H,23-24H2,1-4H3. The van der Waals surface area contributed by atoms with E-state index in [0.29, 0.717) is 17.5 Å². The number of para-hydroxylation sites is 1. The number of hydrogen-bond acceptors (Lipinski definition) is 4. The number of fused-ring (bicyclic) bond motifs is 7. The Balaban J connectivity index is 1.13. The smallest absolute Gasteiger partial charge is 0.164 e. The van der Waals surface area contributed by atoms with Crippen LogP contribution in [0.1, 0.15) is 51.7 Å². The Kier molecular flexibility index (Phi) is 6.63. The Hall–Kier alpha value is -6.07. The van der Waals surface area contributed by atoms with E-state index in [2.05, 4.69) is 105 Å². The molecule has 0 aliphatic heterocycles. The third-order valence-corrected chi connectivity index (χ3v) is 11.3. The summed E-state index contributed by atoms with van der Waals surface area (Å²) in [5.74, 6) is 1.88. The van der Waals surface area contributed by atoms with E-state index in [1.807, 2.05) is 60.7 Å².